The molecule has 0 aliphatic rings. The second kappa shape index (κ2) is 5.53. The number of aromatic carboxylic acids is 1. The van der Waals surface area contributed by atoms with Crippen LogP contribution in [0, 0.1) is 13.8 Å². The topological polar surface area (TPSA) is 99.3 Å². The summed E-state index contributed by atoms with van der Waals surface area (Å²) in [5.74, 6) is -1.22. The Kier molecular flexibility index (Phi) is 4.11. The molecule has 8 heteroatoms. The van der Waals surface area contributed by atoms with Gasteiger partial charge in [0.15, 0.2) is 0 Å². The van der Waals surface area contributed by atoms with Crippen molar-refractivity contribution in [3.63, 3.8) is 0 Å². The van der Waals surface area contributed by atoms with Crippen molar-refractivity contribution in [3.8, 4) is 0 Å². The standard InChI is InChI=1S/C13H13BrN2O4S/c1-7-3-8(2)12(10(14)4-7)16-21(19,20)9-5-11(13(17)18)15-6-9/h3-6,15-16H,1-2H3,(H,17,18). The number of carboxylic acids is 1. The molecule has 112 valence electrons. The van der Waals surface area contributed by atoms with E-state index in [2.05, 4.69) is 25.6 Å². The highest BCUT2D eigenvalue weighted by atomic mass is 79.9. The minimum absolute atomic E-state index is 0.133. The number of sulfonamides is 1. The molecular weight excluding hydrogens is 360 g/mol. The molecule has 1 aromatic heterocycles. The third-order valence-corrected chi connectivity index (χ3v) is 4.82. The zero-order valence-corrected chi connectivity index (χ0v) is 13.7. The van der Waals surface area contributed by atoms with E-state index < -0.39 is 16.0 Å². The Balaban J connectivity index is 2.40. The second-order valence-electron chi connectivity index (χ2n) is 4.60. The molecule has 21 heavy (non-hydrogen) atoms. The first-order valence-corrected chi connectivity index (χ1v) is 8.19. The summed E-state index contributed by atoms with van der Waals surface area (Å²) in [6.45, 7) is 3.69. The highest BCUT2D eigenvalue weighted by Crippen LogP contribution is 2.30. The van der Waals surface area contributed by atoms with Crippen LogP contribution in [0.5, 0.6) is 0 Å². The molecule has 0 unspecified atom stereocenters. The highest BCUT2D eigenvalue weighted by molar-refractivity contribution is 9.10. The number of anilines is 1. The van der Waals surface area contributed by atoms with Gasteiger partial charge in [-0.1, -0.05) is 6.07 Å². The number of aromatic amines is 1. The van der Waals surface area contributed by atoms with Crippen LogP contribution >= 0.6 is 15.9 Å². The molecule has 0 bridgehead atoms. The molecule has 0 fully saturated rings. The van der Waals surface area contributed by atoms with Gasteiger partial charge >= 0.3 is 5.97 Å². The molecule has 0 atom stereocenters. The van der Waals surface area contributed by atoms with Gasteiger partial charge in [0.2, 0.25) is 0 Å². The normalized spacial score (nSPS) is 11.4. The van der Waals surface area contributed by atoms with Crippen LogP contribution in [-0.2, 0) is 10.0 Å². The Morgan fingerprint density at radius 2 is 1.95 bits per heavy atom. The number of carbonyl (C=O) groups is 1. The average Bonchev–Trinajstić information content (AvgIpc) is 2.84. The second-order valence-corrected chi connectivity index (χ2v) is 7.14. The number of aromatic nitrogens is 1. The van der Waals surface area contributed by atoms with Gasteiger partial charge in [0.05, 0.1) is 5.69 Å². The van der Waals surface area contributed by atoms with E-state index in [4.69, 9.17) is 5.11 Å². The fourth-order valence-corrected chi connectivity index (χ4v) is 3.94. The summed E-state index contributed by atoms with van der Waals surface area (Å²) in [5.41, 5.74) is 2.00. The number of rotatable bonds is 4. The zero-order chi connectivity index (χ0) is 15.8. The Hall–Kier alpha value is -1.80. The van der Waals surface area contributed by atoms with Gasteiger partial charge in [0.25, 0.3) is 10.0 Å². The molecular formula is C13H13BrN2O4S. The van der Waals surface area contributed by atoms with Crippen molar-refractivity contribution in [3.05, 3.63) is 45.7 Å². The molecule has 0 spiro atoms. The van der Waals surface area contributed by atoms with E-state index in [1.165, 1.54) is 0 Å². The summed E-state index contributed by atoms with van der Waals surface area (Å²) in [4.78, 5) is 13.1. The lowest BCUT2D eigenvalue weighted by Gasteiger charge is -2.12. The van der Waals surface area contributed by atoms with Crippen LogP contribution < -0.4 is 4.72 Å². The van der Waals surface area contributed by atoms with Crippen LogP contribution in [0.3, 0.4) is 0 Å². The first-order chi connectivity index (χ1) is 9.70. The number of carboxylic acid groups (broad SMARTS) is 1. The highest BCUT2D eigenvalue weighted by Gasteiger charge is 2.20. The molecule has 1 aromatic carbocycles. The SMILES string of the molecule is Cc1cc(C)c(NS(=O)(=O)c2c[nH]c(C(=O)O)c2)c(Br)c1. The van der Waals surface area contributed by atoms with Gasteiger partial charge in [-0.3, -0.25) is 4.72 Å². The number of H-pyrrole nitrogens is 1. The molecule has 1 heterocycles. The molecule has 0 saturated carbocycles. The number of benzene rings is 1. The van der Waals surface area contributed by atoms with Crippen LogP contribution in [0.2, 0.25) is 0 Å². The Bertz CT molecular complexity index is 788. The van der Waals surface area contributed by atoms with E-state index in [0.29, 0.717) is 10.2 Å². The van der Waals surface area contributed by atoms with Gasteiger partial charge in [-0.05, 0) is 53.0 Å². The van der Waals surface area contributed by atoms with E-state index in [9.17, 15) is 13.2 Å². The maximum Gasteiger partial charge on any atom is 0.352 e. The molecule has 0 aliphatic carbocycles. The third-order valence-electron chi connectivity index (χ3n) is 2.87. The van der Waals surface area contributed by atoms with Gasteiger partial charge in [-0.25, -0.2) is 13.2 Å². The minimum atomic E-state index is -3.86. The molecule has 0 saturated heterocycles. The maximum absolute atomic E-state index is 12.3. The Morgan fingerprint density at radius 3 is 2.48 bits per heavy atom. The first-order valence-electron chi connectivity index (χ1n) is 5.92. The van der Waals surface area contributed by atoms with Crippen molar-refractivity contribution in [2.75, 3.05) is 4.72 Å². The Morgan fingerprint density at radius 1 is 1.29 bits per heavy atom. The Labute approximate surface area is 130 Å². The number of hydrogen-bond donors (Lipinski definition) is 3. The quantitative estimate of drug-likeness (QED) is 0.767. The molecule has 0 amide bonds. The van der Waals surface area contributed by atoms with Crippen LogP contribution in [0.15, 0.2) is 33.8 Å². The number of halogens is 1. The molecule has 6 nitrogen and oxygen atoms in total. The molecule has 3 N–H and O–H groups in total. The van der Waals surface area contributed by atoms with Crippen molar-refractivity contribution < 1.29 is 18.3 Å². The summed E-state index contributed by atoms with van der Waals surface area (Å²) in [5, 5.41) is 8.82. The summed E-state index contributed by atoms with van der Waals surface area (Å²) in [7, 11) is -3.86. The summed E-state index contributed by atoms with van der Waals surface area (Å²) in [6.07, 6.45) is 1.14. The predicted molar refractivity (Wildman–Crippen MR) is 82.2 cm³/mol. The fraction of sp³-hybridized carbons (Fsp3) is 0.154. The van der Waals surface area contributed by atoms with Crippen LogP contribution in [0.25, 0.3) is 0 Å². The van der Waals surface area contributed by atoms with E-state index in [-0.39, 0.29) is 10.6 Å². The van der Waals surface area contributed by atoms with Gasteiger partial charge in [-0.2, -0.15) is 0 Å². The van der Waals surface area contributed by atoms with Crippen molar-refractivity contribution in [2.24, 2.45) is 0 Å². The molecule has 0 aliphatic heterocycles. The zero-order valence-electron chi connectivity index (χ0n) is 11.3. The lowest BCUT2D eigenvalue weighted by Crippen LogP contribution is -2.13. The monoisotopic (exact) mass is 372 g/mol. The van der Waals surface area contributed by atoms with Crippen LogP contribution in [-0.4, -0.2) is 24.5 Å². The summed E-state index contributed by atoms with van der Waals surface area (Å²) < 4.78 is 27.6. The van der Waals surface area contributed by atoms with Gasteiger partial charge in [-0.15, -0.1) is 0 Å². The fourth-order valence-electron chi connectivity index (χ4n) is 1.89. The van der Waals surface area contributed by atoms with Crippen molar-refractivity contribution in [1.82, 2.24) is 4.98 Å². The number of hydrogen-bond acceptors (Lipinski definition) is 3. The maximum atomic E-state index is 12.3. The van der Waals surface area contributed by atoms with E-state index >= 15 is 0 Å². The van der Waals surface area contributed by atoms with Crippen LogP contribution in [0.4, 0.5) is 5.69 Å². The number of aryl methyl sites for hydroxylation is 2. The molecule has 0 radical (unpaired) electrons. The van der Waals surface area contributed by atoms with Crippen molar-refractivity contribution in [1.29, 1.82) is 0 Å². The van der Waals surface area contributed by atoms with Gasteiger partial charge < -0.3 is 10.1 Å². The average molecular weight is 373 g/mol. The lowest BCUT2D eigenvalue weighted by atomic mass is 10.1. The van der Waals surface area contributed by atoms with E-state index in [0.717, 1.165) is 23.4 Å². The van der Waals surface area contributed by atoms with Gasteiger partial charge in [0.1, 0.15) is 10.6 Å². The molecule has 2 aromatic rings. The predicted octanol–water partition coefficient (Wildman–Crippen LogP) is 2.89. The van der Waals surface area contributed by atoms with Gasteiger partial charge in [0, 0.05) is 10.7 Å². The lowest BCUT2D eigenvalue weighted by molar-refractivity contribution is 0.0691. The van der Waals surface area contributed by atoms with Crippen molar-refractivity contribution >= 4 is 37.6 Å². The van der Waals surface area contributed by atoms with Crippen LogP contribution in [0.1, 0.15) is 21.6 Å². The summed E-state index contributed by atoms with van der Waals surface area (Å²) >= 11 is 3.32. The minimum Gasteiger partial charge on any atom is -0.477 e. The smallest absolute Gasteiger partial charge is 0.352 e. The first kappa shape index (κ1) is 15.6. The number of nitrogens with one attached hydrogen (secondary N) is 2. The van der Waals surface area contributed by atoms with E-state index in [1.807, 2.05) is 13.0 Å². The van der Waals surface area contributed by atoms with E-state index in [1.54, 1.807) is 13.0 Å². The summed E-state index contributed by atoms with van der Waals surface area (Å²) in [6, 6.07) is 4.72. The third kappa shape index (κ3) is 3.27. The van der Waals surface area contributed by atoms with Crippen molar-refractivity contribution in [2.45, 2.75) is 18.7 Å². The molecule has 2 rings (SSSR count). The largest absolute Gasteiger partial charge is 0.477 e.